The van der Waals surface area contributed by atoms with Crippen LogP contribution >= 0.6 is 11.3 Å². The fraction of sp³-hybridized carbons (Fsp3) is 0.462. The Balaban J connectivity index is 2.37. The van der Waals surface area contributed by atoms with Crippen LogP contribution in [0.1, 0.15) is 20.3 Å². The highest BCUT2D eigenvalue weighted by Crippen LogP contribution is 2.34. The first-order valence-electron chi connectivity index (χ1n) is 6.50. The number of rotatable bonds is 6. The van der Waals surface area contributed by atoms with Gasteiger partial charge in [-0.25, -0.2) is 4.98 Å². The smallest absolute Gasteiger partial charge is 0.319 e. The minimum absolute atomic E-state index is 0.0183. The zero-order valence-corrected chi connectivity index (χ0v) is 12.3. The number of hydrogen-bond donors (Lipinski definition) is 2. The van der Waals surface area contributed by atoms with Crippen molar-refractivity contribution in [3.05, 3.63) is 27.8 Å². The molecule has 2 rings (SSSR count). The third kappa shape index (κ3) is 3.05. The number of fused-ring (bicyclic) bond motifs is 1. The molecule has 1 aromatic carbocycles. The third-order valence-electron chi connectivity index (χ3n) is 3.06. The van der Waals surface area contributed by atoms with Gasteiger partial charge >= 0.3 is 5.69 Å². The molecule has 0 saturated heterocycles. The first-order valence-corrected chi connectivity index (χ1v) is 7.38. The van der Waals surface area contributed by atoms with Crippen LogP contribution in [0.25, 0.3) is 10.2 Å². The molecule has 1 aromatic heterocycles. The molecule has 0 spiro atoms. The zero-order chi connectivity index (χ0) is 14.7. The van der Waals surface area contributed by atoms with Crippen LogP contribution in [0, 0.1) is 16.0 Å². The van der Waals surface area contributed by atoms with Gasteiger partial charge in [-0.2, -0.15) is 0 Å². The standard InChI is InChI=1S/C13H18N4O2S/c1-8(2)5-9(6-14)16-10-3-4-11-12(15-7-20-11)13(10)17(18)19/h3-4,7-9,16H,5-6,14H2,1-2H3. The second kappa shape index (κ2) is 6.15. The van der Waals surface area contributed by atoms with Crippen molar-refractivity contribution in [1.82, 2.24) is 4.98 Å². The number of benzene rings is 1. The Kier molecular flexibility index (Phi) is 4.51. The van der Waals surface area contributed by atoms with Gasteiger partial charge in [-0.3, -0.25) is 10.1 Å². The first-order chi connectivity index (χ1) is 9.52. The van der Waals surface area contributed by atoms with E-state index >= 15 is 0 Å². The molecule has 0 fully saturated rings. The number of thiazole rings is 1. The predicted molar refractivity (Wildman–Crippen MR) is 82.2 cm³/mol. The third-order valence-corrected chi connectivity index (χ3v) is 3.85. The van der Waals surface area contributed by atoms with E-state index < -0.39 is 0 Å². The second-order valence-corrected chi connectivity index (χ2v) is 6.01. The summed E-state index contributed by atoms with van der Waals surface area (Å²) in [5.74, 6) is 0.470. The van der Waals surface area contributed by atoms with E-state index in [0.717, 1.165) is 11.1 Å². The number of nitrogens with two attached hydrogens (primary N) is 1. The maximum atomic E-state index is 11.3. The van der Waals surface area contributed by atoms with Crippen LogP contribution in [0.3, 0.4) is 0 Å². The summed E-state index contributed by atoms with van der Waals surface area (Å²) in [5.41, 5.74) is 8.32. The molecule has 0 aliphatic rings. The number of nitrogens with zero attached hydrogens (tertiary/aromatic N) is 2. The summed E-state index contributed by atoms with van der Waals surface area (Å²) in [4.78, 5) is 15.0. The minimum atomic E-state index is -0.382. The summed E-state index contributed by atoms with van der Waals surface area (Å²) in [6.07, 6.45) is 0.864. The summed E-state index contributed by atoms with van der Waals surface area (Å²) >= 11 is 1.39. The van der Waals surface area contributed by atoms with Crippen LogP contribution in [-0.2, 0) is 0 Å². The molecule has 0 aliphatic carbocycles. The van der Waals surface area contributed by atoms with Gasteiger partial charge in [-0.05, 0) is 24.5 Å². The minimum Gasteiger partial charge on any atom is -0.375 e. The Morgan fingerprint density at radius 2 is 2.25 bits per heavy atom. The Labute approximate surface area is 121 Å². The fourth-order valence-electron chi connectivity index (χ4n) is 2.22. The average Bonchev–Trinajstić information content (AvgIpc) is 2.84. The van der Waals surface area contributed by atoms with Crippen molar-refractivity contribution >= 4 is 32.9 Å². The van der Waals surface area contributed by atoms with E-state index in [9.17, 15) is 10.1 Å². The SMILES string of the molecule is CC(C)CC(CN)Nc1ccc2scnc2c1[N+](=O)[O-]. The highest BCUT2D eigenvalue weighted by atomic mass is 32.1. The van der Waals surface area contributed by atoms with E-state index in [1.807, 2.05) is 6.07 Å². The van der Waals surface area contributed by atoms with Crippen molar-refractivity contribution in [2.45, 2.75) is 26.3 Å². The Bertz CT molecular complexity index is 611. The summed E-state index contributed by atoms with van der Waals surface area (Å²) in [5, 5.41) is 14.5. The maximum absolute atomic E-state index is 11.3. The van der Waals surface area contributed by atoms with Crippen LogP contribution in [-0.4, -0.2) is 22.5 Å². The zero-order valence-electron chi connectivity index (χ0n) is 11.5. The number of nitrogens with one attached hydrogen (secondary N) is 1. The number of aromatic nitrogens is 1. The molecule has 0 amide bonds. The van der Waals surface area contributed by atoms with E-state index in [-0.39, 0.29) is 16.7 Å². The molecule has 2 aromatic rings. The van der Waals surface area contributed by atoms with Crippen molar-refractivity contribution < 1.29 is 4.92 Å². The first kappa shape index (κ1) is 14.7. The van der Waals surface area contributed by atoms with Crippen LogP contribution < -0.4 is 11.1 Å². The average molecular weight is 294 g/mol. The van der Waals surface area contributed by atoms with Crippen molar-refractivity contribution in [3.8, 4) is 0 Å². The number of nitro benzene ring substituents is 1. The molecule has 7 heteroatoms. The summed E-state index contributed by atoms with van der Waals surface area (Å²) < 4.78 is 0.815. The van der Waals surface area contributed by atoms with Gasteiger partial charge in [0.1, 0.15) is 5.69 Å². The molecule has 20 heavy (non-hydrogen) atoms. The number of nitro groups is 1. The molecular weight excluding hydrogens is 276 g/mol. The molecule has 108 valence electrons. The highest BCUT2D eigenvalue weighted by Gasteiger charge is 2.22. The topological polar surface area (TPSA) is 94.1 Å². The quantitative estimate of drug-likeness (QED) is 0.631. The predicted octanol–water partition coefficient (Wildman–Crippen LogP) is 2.99. The Hall–Kier alpha value is -1.73. The molecule has 0 bridgehead atoms. The normalized spacial score (nSPS) is 12.8. The van der Waals surface area contributed by atoms with Crippen molar-refractivity contribution in [2.75, 3.05) is 11.9 Å². The summed E-state index contributed by atoms with van der Waals surface area (Å²) in [6, 6.07) is 3.61. The lowest BCUT2D eigenvalue weighted by molar-refractivity contribution is -0.382. The molecule has 1 heterocycles. The Morgan fingerprint density at radius 1 is 1.50 bits per heavy atom. The number of anilines is 1. The largest absolute Gasteiger partial charge is 0.375 e. The lowest BCUT2D eigenvalue weighted by atomic mass is 10.0. The van der Waals surface area contributed by atoms with Gasteiger partial charge in [-0.15, -0.1) is 11.3 Å². The van der Waals surface area contributed by atoms with Crippen LogP contribution in [0.5, 0.6) is 0 Å². The van der Waals surface area contributed by atoms with E-state index in [4.69, 9.17) is 5.73 Å². The molecular formula is C13H18N4O2S. The van der Waals surface area contributed by atoms with Gasteiger partial charge in [0.25, 0.3) is 0 Å². The summed E-state index contributed by atoms with van der Waals surface area (Å²) in [6.45, 7) is 4.63. The van der Waals surface area contributed by atoms with E-state index in [1.54, 1.807) is 11.6 Å². The monoisotopic (exact) mass is 294 g/mol. The molecule has 1 unspecified atom stereocenters. The van der Waals surface area contributed by atoms with E-state index in [1.165, 1.54) is 11.3 Å². The fourth-order valence-corrected chi connectivity index (χ4v) is 2.90. The van der Waals surface area contributed by atoms with Gasteiger partial charge in [0.05, 0.1) is 15.1 Å². The Morgan fingerprint density at radius 3 is 2.85 bits per heavy atom. The van der Waals surface area contributed by atoms with Gasteiger partial charge in [0.2, 0.25) is 0 Å². The number of hydrogen-bond acceptors (Lipinski definition) is 6. The van der Waals surface area contributed by atoms with E-state index in [0.29, 0.717) is 23.7 Å². The van der Waals surface area contributed by atoms with Gasteiger partial charge in [0, 0.05) is 12.6 Å². The van der Waals surface area contributed by atoms with Gasteiger partial charge < -0.3 is 11.1 Å². The molecule has 3 N–H and O–H groups in total. The lowest BCUT2D eigenvalue weighted by Gasteiger charge is -2.19. The van der Waals surface area contributed by atoms with Crippen LogP contribution in [0.15, 0.2) is 17.6 Å². The van der Waals surface area contributed by atoms with Crippen LogP contribution in [0.2, 0.25) is 0 Å². The highest BCUT2D eigenvalue weighted by molar-refractivity contribution is 7.16. The molecule has 6 nitrogen and oxygen atoms in total. The molecule has 0 aliphatic heterocycles. The van der Waals surface area contributed by atoms with Crippen molar-refractivity contribution in [3.63, 3.8) is 0 Å². The lowest BCUT2D eigenvalue weighted by Crippen LogP contribution is -2.30. The molecule has 0 radical (unpaired) electrons. The van der Waals surface area contributed by atoms with Crippen molar-refractivity contribution in [1.29, 1.82) is 0 Å². The maximum Gasteiger partial charge on any atom is 0.319 e. The van der Waals surface area contributed by atoms with Gasteiger partial charge in [0.15, 0.2) is 5.52 Å². The van der Waals surface area contributed by atoms with Crippen molar-refractivity contribution in [2.24, 2.45) is 11.7 Å². The van der Waals surface area contributed by atoms with Gasteiger partial charge in [-0.1, -0.05) is 13.8 Å². The molecule has 0 saturated carbocycles. The molecule has 1 atom stereocenters. The van der Waals surface area contributed by atoms with Crippen LogP contribution in [0.4, 0.5) is 11.4 Å². The second-order valence-electron chi connectivity index (χ2n) is 5.12. The summed E-state index contributed by atoms with van der Waals surface area (Å²) in [7, 11) is 0. The van der Waals surface area contributed by atoms with E-state index in [2.05, 4.69) is 24.1 Å².